The first-order valence-electron chi connectivity index (χ1n) is 4.58. The summed E-state index contributed by atoms with van der Waals surface area (Å²) >= 11 is 6.58. The summed E-state index contributed by atoms with van der Waals surface area (Å²) in [5, 5.41) is 10.7. The van der Waals surface area contributed by atoms with E-state index in [9.17, 15) is 4.79 Å². The van der Waals surface area contributed by atoms with E-state index in [1.807, 2.05) is 25.3 Å². The van der Waals surface area contributed by atoms with Gasteiger partial charge in [0.05, 0.1) is 0 Å². The van der Waals surface area contributed by atoms with E-state index >= 15 is 0 Å². The molecule has 0 radical (unpaired) electrons. The van der Waals surface area contributed by atoms with Crippen LogP contribution in [0, 0.1) is 5.92 Å². The molecule has 0 aliphatic carbocycles. The standard InChI is InChI=1S/C10H13BrO2S2/c1-6(2)9(10(12)13)15-5-8-7(11)3-4-14-8/h3-4,6,9H,5H2,1-2H3,(H,12,13). The zero-order chi connectivity index (χ0) is 11.4. The molecular formula is C10H13BrO2S2. The number of thiophene rings is 1. The number of aliphatic carboxylic acids is 1. The Kier molecular flexibility index (Phi) is 5.15. The topological polar surface area (TPSA) is 37.3 Å². The van der Waals surface area contributed by atoms with Crippen LogP contribution in [0.4, 0.5) is 0 Å². The molecule has 1 aromatic heterocycles. The summed E-state index contributed by atoms with van der Waals surface area (Å²) in [7, 11) is 0. The lowest BCUT2D eigenvalue weighted by Crippen LogP contribution is -2.22. The van der Waals surface area contributed by atoms with Crippen molar-refractivity contribution in [3.05, 3.63) is 20.8 Å². The minimum absolute atomic E-state index is 0.159. The lowest BCUT2D eigenvalue weighted by atomic mass is 10.1. The zero-order valence-electron chi connectivity index (χ0n) is 8.57. The van der Waals surface area contributed by atoms with Gasteiger partial charge in [-0.05, 0) is 33.3 Å². The van der Waals surface area contributed by atoms with E-state index in [2.05, 4.69) is 15.9 Å². The molecule has 1 heterocycles. The van der Waals surface area contributed by atoms with Gasteiger partial charge >= 0.3 is 5.97 Å². The third-order valence-corrected chi connectivity index (χ3v) is 5.60. The second kappa shape index (κ2) is 5.92. The molecule has 1 rings (SSSR count). The molecule has 1 atom stereocenters. The highest BCUT2D eigenvalue weighted by molar-refractivity contribution is 9.10. The Hall–Kier alpha value is -0.000000000000000111. The molecule has 1 unspecified atom stereocenters. The molecule has 15 heavy (non-hydrogen) atoms. The maximum atomic E-state index is 11.0. The van der Waals surface area contributed by atoms with Crippen molar-refractivity contribution in [3.8, 4) is 0 Å². The van der Waals surface area contributed by atoms with E-state index in [0.29, 0.717) is 0 Å². The monoisotopic (exact) mass is 308 g/mol. The fraction of sp³-hybridized carbons (Fsp3) is 0.500. The average molecular weight is 309 g/mol. The van der Waals surface area contributed by atoms with E-state index in [0.717, 1.165) is 10.2 Å². The Bertz CT molecular complexity index is 336. The molecule has 0 saturated carbocycles. The van der Waals surface area contributed by atoms with Crippen LogP contribution in [0.2, 0.25) is 0 Å². The number of hydrogen-bond donors (Lipinski definition) is 1. The van der Waals surface area contributed by atoms with E-state index in [4.69, 9.17) is 5.11 Å². The van der Waals surface area contributed by atoms with E-state index in [1.165, 1.54) is 16.6 Å². The van der Waals surface area contributed by atoms with Crippen molar-refractivity contribution in [2.45, 2.75) is 24.9 Å². The molecule has 0 saturated heterocycles. The Morgan fingerprint density at radius 1 is 1.67 bits per heavy atom. The summed E-state index contributed by atoms with van der Waals surface area (Å²) in [5.41, 5.74) is 0. The van der Waals surface area contributed by atoms with Gasteiger partial charge in [-0.25, -0.2) is 0 Å². The molecule has 1 aromatic rings. The van der Waals surface area contributed by atoms with Gasteiger partial charge in [0.25, 0.3) is 0 Å². The molecule has 84 valence electrons. The highest BCUT2D eigenvalue weighted by atomic mass is 79.9. The van der Waals surface area contributed by atoms with Gasteiger partial charge in [0, 0.05) is 15.1 Å². The number of carbonyl (C=O) groups is 1. The number of rotatable bonds is 5. The minimum Gasteiger partial charge on any atom is -0.480 e. The molecule has 0 bridgehead atoms. The fourth-order valence-corrected chi connectivity index (χ4v) is 4.09. The number of carboxylic acid groups (broad SMARTS) is 1. The summed E-state index contributed by atoms with van der Waals surface area (Å²) in [5.74, 6) is 0.196. The second-order valence-electron chi connectivity index (χ2n) is 3.51. The first-order chi connectivity index (χ1) is 7.02. The highest BCUT2D eigenvalue weighted by Crippen LogP contribution is 2.30. The molecule has 0 aliphatic rings. The van der Waals surface area contributed by atoms with E-state index in [1.54, 1.807) is 11.3 Å². The Morgan fingerprint density at radius 2 is 2.33 bits per heavy atom. The molecule has 2 nitrogen and oxygen atoms in total. The second-order valence-corrected chi connectivity index (χ2v) is 6.49. The van der Waals surface area contributed by atoms with Gasteiger partial charge in [-0.2, -0.15) is 0 Å². The van der Waals surface area contributed by atoms with Crippen LogP contribution in [0.1, 0.15) is 18.7 Å². The molecule has 0 aromatic carbocycles. The molecule has 0 fully saturated rings. The van der Waals surface area contributed by atoms with Crippen LogP contribution >= 0.6 is 39.0 Å². The van der Waals surface area contributed by atoms with Crippen LogP contribution in [0.3, 0.4) is 0 Å². The number of carboxylic acids is 1. The molecule has 0 spiro atoms. The van der Waals surface area contributed by atoms with Gasteiger partial charge in [-0.3, -0.25) is 4.79 Å². The zero-order valence-corrected chi connectivity index (χ0v) is 11.8. The van der Waals surface area contributed by atoms with Crippen LogP contribution in [0.25, 0.3) is 0 Å². The number of hydrogen-bond acceptors (Lipinski definition) is 3. The summed E-state index contributed by atoms with van der Waals surface area (Å²) in [4.78, 5) is 12.2. The summed E-state index contributed by atoms with van der Waals surface area (Å²) in [6.45, 7) is 3.88. The van der Waals surface area contributed by atoms with Crippen LogP contribution in [-0.4, -0.2) is 16.3 Å². The normalized spacial score (nSPS) is 13.1. The van der Waals surface area contributed by atoms with Gasteiger partial charge in [0.2, 0.25) is 0 Å². The highest BCUT2D eigenvalue weighted by Gasteiger charge is 2.22. The summed E-state index contributed by atoms with van der Waals surface area (Å²) in [6.07, 6.45) is 0. The van der Waals surface area contributed by atoms with Gasteiger partial charge in [-0.15, -0.1) is 23.1 Å². The Balaban J connectivity index is 2.55. The van der Waals surface area contributed by atoms with Crippen molar-refractivity contribution in [1.82, 2.24) is 0 Å². The summed E-state index contributed by atoms with van der Waals surface area (Å²) < 4.78 is 1.08. The van der Waals surface area contributed by atoms with Crippen LogP contribution in [0.15, 0.2) is 15.9 Å². The van der Waals surface area contributed by atoms with Crippen LogP contribution < -0.4 is 0 Å². The first-order valence-corrected chi connectivity index (χ1v) is 7.30. The van der Waals surface area contributed by atoms with Crippen molar-refractivity contribution < 1.29 is 9.90 Å². The van der Waals surface area contributed by atoms with Crippen LogP contribution in [0.5, 0.6) is 0 Å². The molecule has 0 aliphatic heterocycles. The predicted molar refractivity (Wildman–Crippen MR) is 69.6 cm³/mol. The van der Waals surface area contributed by atoms with Crippen molar-refractivity contribution in [1.29, 1.82) is 0 Å². The smallest absolute Gasteiger partial charge is 0.316 e. The molecule has 1 N–H and O–H groups in total. The quantitative estimate of drug-likeness (QED) is 0.897. The lowest BCUT2D eigenvalue weighted by Gasteiger charge is -2.14. The van der Waals surface area contributed by atoms with Crippen molar-refractivity contribution in [3.63, 3.8) is 0 Å². The number of thioether (sulfide) groups is 1. The lowest BCUT2D eigenvalue weighted by molar-refractivity contribution is -0.137. The molecule has 0 amide bonds. The first kappa shape index (κ1) is 13.1. The van der Waals surface area contributed by atoms with Gasteiger partial charge in [-0.1, -0.05) is 13.8 Å². The number of halogens is 1. The van der Waals surface area contributed by atoms with Crippen molar-refractivity contribution in [2.75, 3.05) is 0 Å². The van der Waals surface area contributed by atoms with E-state index in [-0.39, 0.29) is 11.2 Å². The predicted octanol–water partition coefficient (Wildman–Crippen LogP) is 3.85. The SMILES string of the molecule is CC(C)C(SCc1sccc1Br)C(=O)O. The molecule has 5 heteroatoms. The third-order valence-electron chi connectivity index (χ3n) is 1.93. The van der Waals surface area contributed by atoms with E-state index < -0.39 is 5.97 Å². The van der Waals surface area contributed by atoms with Crippen LogP contribution in [-0.2, 0) is 10.5 Å². The molecular weight excluding hydrogens is 296 g/mol. The van der Waals surface area contributed by atoms with Crippen molar-refractivity contribution >= 4 is 45.0 Å². The minimum atomic E-state index is -0.720. The van der Waals surface area contributed by atoms with Gasteiger partial charge in [0.15, 0.2) is 0 Å². The largest absolute Gasteiger partial charge is 0.480 e. The Labute approximate surface area is 106 Å². The summed E-state index contributed by atoms with van der Waals surface area (Å²) in [6, 6.07) is 1.99. The maximum absolute atomic E-state index is 11.0. The Morgan fingerprint density at radius 3 is 2.73 bits per heavy atom. The maximum Gasteiger partial charge on any atom is 0.316 e. The average Bonchev–Trinajstić information content (AvgIpc) is 2.51. The fourth-order valence-electron chi connectivity index (χ4n) is 1.14. The third kappa shape index (κ3) is 3.81. The van der Waals surface area contributed by atoms with Gasteiger partial charge in [0.1, 0.15) is 5.25 Å². The van der Waals surface area contributed by atoms with Gasteiger partial charge < -0.3 is 5.11 Å². The van der Waals surface area contributed by atoms with Crippen molar-refractivity contribution in [2.24, 2.45) is 5.92 Å².